The number of aromatic amines is 1. The second kappa shape index (κ2) is 8.86. The minimum Gasteiger partial charge on any atom is -0.475 e. The third kappa shape index (κ3) is 7.51. The van der Waals surface area contributed by atoms with Crippen LogP contribution in [0.1, 0.15) is 16.7 Å². The number of nitrogens with one attached hydrogen (secondary N) is 2. The predicted octanol–water partition coefficient (Wildman–Crippen LogP) is 2.67. The molecule has 0 spiro atoms. The van der Waals surface area contributed by atoms with Crippen molar-refractivity contribution in [2.75, 3.05) is 11.9 Å². The third-order valence-corrected chi connectivity index (χ3v) is 2.94. The summed E-state index contributed by atoms with van der Waals surface area (Å²) >= 11 is 0. The number of aliphatic carboxylic acids is 1. The van der Waals surface area contributed by atoms with Gasteiger partial charge in [0.25, 0.3) is 5.56 Å². The Morgan fingerprint density at radius 1 is 1.24 bits per heavy atom. The number of aryl methyl sites for hydroxylation is 2. The molecule has 1 heterocycles. The molecular formula is C16H18F3N3O3. The molecule has 2 aromatic rings. The van der Waals surface area contributed by atoms with Crippen molar-refractivity contribution in [2.24, 2.45) is 0 Å². The molecule has 0 fully saturated rings. The molecule has 0 amide bonds. The molecule has 0 saturated heterocycles. The van der Waals surface area contributed by atoms with Crippen LogP contribution in [0.3, 0.4) is 0 Å². The number of benzene rings is 1. The number of rotatable bonds is 4. The number of nitrogens with zero attached hydrogens (tertiary/aromatic N) is 1. The first kappa shape index (κ1) is 20.2. The molecule has 0 bridgehead atoms. The molecule has 1 aromatic carbocycles. The van der Waals surface area contributed by atoms with Gasteiger partial charge >= 0.3 is 12.1 Å². The second-order valence-corrected chi connectivity index (χ2v) is 5.24. The summed E-state index contributed by atoms with van der Waals surface area (Å²) in [6, 6.07) is 6.48. The van der Waals surface area contributed by atoms with E-state index in [-0.39, 0.29) is 5.56 Å². The molecule has 0 aliphatic carbocycles. The van der Waals surface area contributed by atoms with E-state index in [0.29, 0.717) is 12.4 Å². The summed E-state index contributed by atoms with van der Waals surface area (Å²) in [5.41, 5.74) is 3.62. The SMILES string of the molecule is Cc1cc(C)cc(CCNc2ncc[nH]c2=O)c1.O=C(O)C(F)(F)F. The Hall–Kier alpha value is -2.84. The van der Waals surface area contributed by atoms with Gasteiger partial charge in [0.1, 0.15) is 0 Å². The highest BCUT2D eigenvalue weighted by Crippen LogP contribution is 2.13. The van der Waals surface area contributed by atoms with Gasteiger partial charge in [0.2, 0.25) is 0 Å². The standard InChI is InChI=1S/C14H17N3O.C2HF3O2/c1-10-7-11(2)9-12(8-10)3-4-15-13-14(18)17-6-5-16-13;3-2(4,5)1(6)7/h5-9H,3-4H2,1-2H3,(H,15,16)(H,17,18);(H,6,7). The smallest absolute Gasteiger partial charge is 0.475 e. The number of carboxylic acids is 1. The van der Waals surface area contributed by atoms with Crippen LogP contribution in [-0.4, -0.2) is 33.8 Å². The summed E-state index contributed by atoms with van der Waals surface area (Å²) in [4.78, 5) is 26.9. The number of alkyl halides is 3. The van der Waals surface area contributed by atoms with Gasteiger partial charge in [-0.25, -0.2) is 9.78 Å². The Morgan fingerprint density at radius 3 is 2.28 bits per heavy atom. The highest BCUT2D eigenvalue weighted by Gasteiger charge is 2.38. The second-order valence-electron chi connectivity index (χ2n) is 5.24. The fraction of sp³-hybridized carbons (Fsp3) is 0.312. The highest BCUT2D eigenvalue weighted by molar-refractivity contribution is 5.73. The number of aromatic nitrogens is 2. The van der Waals surface area contributed by atoms with Gasteiger partial charge in [0.15, 0.2) is 5.82 Å². The number of hydrogen-bond donors (Lipinski definition) is 3. The highest BCUT2D eigenvalue weighted by atomic mass is 19.4. The zero-order valence-corrected chi connectivity index (χ0v) is 13.6. The van der Waals surface area contributed by atoms with Crippen molar-refractivity contribution in [3.63, 3.8) is 0 Å². The normalized spacial score (nSPS) is 10.6. The van der Waals surface area contributed by atoms with E-state index in [0.717, 1.165) is 6.42 Å². The van der Waals surface area contributed by atoms with Crippen LogP contribution >= 0.6 is 0 Å². The lowest BCUT2D eigenvalue weighted by Crippen LogP contribution is -2.21. The summed E-state index contributed by atoms with van der Waals surface area (Å²) in [5.74, 6) is -2.38. The van der Waals surface area contributed by atoms with Crippen LogP contribution in [0.5, 0.6) is 0 Å². The number of H-pyrrole nitrogens is 1. The van der Waals surface area contributed by atoms with Gasteiger partial charge in [-0.2, -0.15) is 13.2 Å². The first-order valence-corrected chi connectivity index (χ1v) is 7.24. The van der Waals surface area contributed by atoms with E-state index in [1.807, 2.05) is 0 Å². The van der Waals surface area contributed by atoms with Gasteiger partial charge in [-0.05, 0) is 25.8 Å². The Labute approximate surface area is 141 Å². The Balaban J connectivity index is 0.000000381. The van der Waals surface area contributed by atoms with Crippen LogP contribution in [-0.2, 0) is 11.2 Å². The lowest BCUT2D eigenvalue weighted by molar-refractivity contribution is -0.192. The summed E-state index contributed by atoms with van der Waals surface area (Å²) < 4.78 is 31.7. The Morgan fingerprint density at radius 2 is 1.80 bits per heavy atom. The van der Waals surface area contributed by atoms with Gasteiger partial charge in [-0.1, -0.05) is 29.3 Å². The van der Waals surface area contributed by atoms with Crippen molar-refractivity contribution in [1.82, 2.24) is 9.97 Å². The number of hydrogen-bond acceptors (Lipinski definition) is 4. The van der Waals surface area contributed by atoms with Gasteiger partial charge in [-0.15, -0.1) is 0 Å². The van der Waals surface area contributed by atoms with E-state index >= 15 is 0 Å². The molecule has 0 aliphatic rings. The van der Waals surface area contributed by atoms with E-state index in [2.05, 4.69) is 47.3 Å². The minimum atomic E-state index is -5.08. The van der Waals surface area contributed by atoms with Crippen LogP contribution in [0.25, 0.3) is 0 Å². The summed E-state index contributed by atoms with van der Waals surface area (Å²) in [6.07, 6.45) is -1.11. The van der Waals surface area contributed by atoms with Gasteiger partial charge < -0.3 is 15.4 Å². The van der Waals surface area contributed by atoms with E-state index in [1.165, 1.54) is 22.9 Å². The Bertz CT molecular complexity index is 753. The van der Waals surface area contributed by atoms with Crippen molar-refractivity contribution in [2.45, 2.75) is 26.4 Å². The van der Waals surface area contributed by atoms with Crippen LogP contribution in [0.2, 0.25) is 0 Å². The zero-order valence-electron chi connectivity index (χ0n) is 13.6. The summed E-state index contributed by atoms with van der Waals surface area (Å²) in [6.45, 7) is 4.88. The molecule has 0 aliphatic heterocycles. The topological polar surface area (TPSA) is 95.1 Å². The maximum absolute atomic E-state index is 11.4. The number of carbonyl (C=O) groups is 1. The molecule has 3 N–H and O–H groups in total. The first-order valence-electron chi connectivity index (χ1n) is 7.24. The van der Waals surface area contributed by atoms with E-state index < -0.39 is 12.1 Å². The summed E-state index contributed by atoms with van der Waals surface area (Å²) in [5, 5.41) is 10.2. The fourth-order valence-electron chi connectivity index (χ4n) is 2.02. The van der Waals surface area contributed by atoms with Crippen molar-refractivity contribution in [3.8, 4) is 0 Å². The zero-order chi connectivity index (χ0) is 19.0. The maximum Gasteiger partial charge on any atom is 0.490 e. The predicted molar refractivity (Wildman–Crippen MR) is 86.7 cm³/mol. The monoisotopic (exact) mass is 357 g/mol. The van der Waals surface area contributed by atoms with Gasteiger partial charge in [0.05, 0.1) is 0 Å². The largest absolute Gasteiger partial charge is 0.490 e. The van der Waals surface area contributed by atoms with Crippen LogP contribution in [0.15, 0.2) is 35.4 Å². The van der Waals surface area contributed by atoms with Crippen LogP contribution in [0.4, 0.5) is 19.0 Å². The Kier molecular flexibility index (Phi) is 7.16. The molecular weight excluding hydrogens is 339 g/mol. The number of anilines is 1. The van der Waals surface area contributed by atoms with Crippen molar-refractivity contribution in [3.05, 3.63) is 57.6 Å². The minimum absolute atomic E-state index is 0.182. The fourth-order valence-corrected chi connectivity index (χ4v) is 2.02. The number of carboxylic acid groups (broad SMARTS) is 1. The van der Waals surface area contributed by atoms with E-state index in [4.69, 9.17) is 9.90 Å². The first-order chi connectivity index (χ1) is 11.6. The molecule has 136 valence electrons. The van der Waals surface area contributed by atoms with E-state index in [1.54, 1.807) is 6.20 Å². The average molecular weight is 357 g/mol. The van der Waals surface area contributed by atoms with Gasteiger partial charge in [0, 0.05) is 18.9 Å². The molecule has 2 rings (SSSR count). The van der Waals surface area contributed by atoms with Crippen LogP contribution < -0.4 is 10.9 Å². The van der Waals surface area contributed by atoms with Crippen molar-refractivity contribution in [1.29, 1.82) is 0 Å². The van der Waals surface area contributed by atoms with Crippen molar-refractivity contribution < 1.29 is 23.1 Å². The number of halogens is 3. The molecule has 9 heteroatoms. The maximum atomic E-state index is 11.4. The van der Waals surface area contributed by atoms with Gasteiger partial charge in [-0.3, -0.25) is 4.79 Å². The molecule has 25 heavy (non-hydrogen) atoms. The average Bonchev–Trinajstić information content (AvgIpc) is 2.48. The molecule has 0 saturated carbocycles. The van der Waals surface area contributed by atoms with Crippen LogP contribution in [0, 0.1) is 13.8 Å². The molecule has 0 atom stereocenters. The quantitative estimate of drug-likeness (QED) is 0.782. The lowest BCUT2D eigenvalue weighted by Gasteiger charge is -2.06. The third-order valence-electron chi connectivity index (χ3n) is 2.94. The lowest BCUT2D eigenvalue weighted by atomic mass is 10.1. The van der Waals surface area contributed by atoms with E-state index in [9.17, 15) is 18.0 Å². The molecule has 0 unspecified atom stereocenters. The molecule has 0 radical (unpaired) electrons. The molecule has 6 nitrogen and oxygen atoms in total. The van der Waals surface area contributed by atoms with Crippen molar-refractivity contribution >= 4 is 11.8 Å². The summed E-state index contributed by atoms with van der Waals surface area (Å²) in [7, 11) is 0. The molecule has 1 aromatic heterocycles.